The van der Waals surface area contributed by atoms with Crippen LogP contribution in [0.15, 0.2) is 23.3 Å². The van der Waals surface area contributed by atoms with Crippen LogP contribution in [-0.2, 0) is 4.74 Å². The number of ether oxygens (including phenoxy) is 2. The second-order valence-electron chi connectivity index (χ2n) is 4.05. The van der Waals surface area contributed by atoms with Gasteiger partial charge in [-0.2, -0.15) is 0 Å². The number of nitrogens with one attached hydrogen (secondary N) is 1. The van der Waals surface area contributed by atoms with Crippen molar-refractivity contribution in [3.05, 3.63) is 28.2 Å². The molecule has 0 saturated heterocycles. The molecule has 0 aliphatic carbocycles. The summed E-state index contributed by atoms with van der Waals surface area (Å²) in [5.41, 5.74) is 1.34. The van der Waals surface area contributed by atoms with Crippen molar-refractivity contribution in [1.29, 1.82) is 0 Å². The third kappa shape index (κ3) is 3.01. The highest BCUT2D eigenvalue weighted by Gasteiger charge is 2.20. The zero-order valence-electron chi connectivity index (χ0n) is 10.4. The van der Waals surface area contributed by atoms with Gasteiger partial charge in [0, 0.05) is 10.3 Å². The van der Waals surface area contributed by atoms with Gasteiger partial charge in [0.05, 0.1) is 26.0 Å². The zero-order valence-corrected chi connectivity index (χ0v) is 11.2. The predicted molar refractivity (Wildman–Crippen MR) is 70.6 cm³/mol. The lowest BCUT2D eigenvalue weighted by atomic mass is 10.0. The van der Waals surface area contributed by atoms with E-state index in [0.717, 1.165) is 31.7 Å². The minimum absolute atomic E-state index is 0.272. The lowest BCUT2D eigenvalue weighted by molar-refractivity contribution is 0.219. The molecule has 17 heavy (non-hydrogen) atoms. The van der Waals surface area contributed by atoms with E-state index < -0.39 is 0 Å². The molecule has 0 radical (unpaired) electrons. The summed E-state index contributed by atoms with van der Waals surface area (Å²) < 4.78 is 10.7. The molecule has 0 saturated carbocycles. The summed E-state index contributed by atoms with van der Waals surface area (Å²) in [5.74, 6) is 0.935. The molecule has 1 aromatic heterocycles. The fourth-order valence-corrected chi connectivity index (χ4v) is 2.98. The second-order valence-corrected chi connectivity index (χ2v) is 4.99. The van der Waals surface area contributed by atoms with Crippen molar-refractivity contribution in [2.24, 2.45) is 0 Å². The van der Waals surface area contributed by atoms with E-state index >= 15 is 0 Å². The average Bonchev–Trinajstić information content (AvgIpc) is 2.85. The number of likely N-dealkylation sites (N-methyl/N-ethyl adjacent to an activating group) is 1. The van der Waals surface area contributed by atoms with Gasteiger partial charge >= 0.3 is 0 Å². The van der Waals surface area contributed by atoms with Crippen LogP contribution in [0, 0.1) is 0 Å². The largest absolute Gasteiger partial charge is 0.501 e. The fourth-order valence-electron chi connectivity index (χ4n) is 2.01. The minimum Gasteiger partial charge on any atom is -0.501 e. The van der Waals surface area contributed by atoms with Gasteiger partial charge in [-0.15, -0.1) is 11.3 Å². The molecule has 94 valence electrons. The molecule has 3 nitrogen and oxygen atoms in total. The Balaban J connectivity index is 2.18. The first kappa shape index (κ1) is 12.5. The summed E-state index contributed by atoms with van der Waals surface area (Å²) >= 11 is 1.73. The first-order valence-electron chi connectivity index (χ1n) is 6.01. The molecule has 1 aromatic rings. The summed E-state index contributed by atoms with van der Waals surface area (Å²) in [6.07, 6.45) is 4.14. The van der Waals surface area contributed by atoms with Crippen LogP contribution >= 0.6 is 11.3 Å². The molecule has 0 amide bonds. The third-order valence-electron chi connectivity index (χ3n) is 2.86. The molecule has 1 unspecified atom stereocenters. The highest BCUT2D eigenvalue weighted by molar-refractivity contribution is 7.10. The van der Waals surface area contributed by atoms with Crippen molar-refractivity contribution in [2.75, 3.05) is 20.3 Å². The Kier molecular flexibility index (Phi) is 4.45. The molecule has 4 heteroatoms. The quantitative estimate of drug-likeness (QED) is 0.874. The van der Waals surface area contributed by atoms with Crippen LogP contribution in [0.5, 0.6) is 5.75 Å². The van der Waals surface area contributed by atoms with Crippen LogP contribution < -0.4 is 10.1 Å². The number of rotatable bonds is 5. The number of hydrogen-bond acceptors (Lipinski definition) is 4. The number of hydrogen-bond donors (Lipinski definition) is 1. The lowest BCUT2D eigenvalue weighted by Gasteiger charge is -2.22. The van der Waals surface area contributed by atoms with Gasteiger partial charge in [0.1, 0.15) is 5.75 Å². The van der Waals surface area contributed by atoms with Gasteiger partial charge in [-0.05, 0) is 31.0 Å². The first-order valence-corrected chi connectivity index (χ1v) is 6.89. The molecule has 2 rings (SSSR count). The highest BCUT2D eigenvalue weighted by atomic mass is 32.1. The first-order chi connectivity index (χ1) is 8.35. The monoisotopic (exact) mass is 253 g/mol. The molecule has 2 heterocycles. The molecule has 1 atom stereocenters. The molecule has 0 fully saturated rings. The van der Waals surface area contributed by atoms with Gasteiger partial charge in [-0.1, -0.05) is 6.92 Å². The van der Waals surface area contributed by atoms with Crippen LogP contribution in [-0.4, -0.2) is 20.3 Å². The lowest BCUT2D eigenvalue weighted by Crippen LogP contribution is -2.23. The van der Waals surface area contributed by atoms with Gasteiger partial charge < -0.3 is 14.8 Å². The SMILES string of the molecule is CCNC(C1=COCCC1)c1cc(OC)cs1. The van der Waals surface area contributed by atoms with Crippen molar-refractivity contribution >= 4 is 11.3 Å². The van der Waals surface area contributed by atoms with E-state index in [1.807, 2.05) is 11.6 Å². The van der Waals surface area contributed by atoms with Crippen molar-refractivity contribution in [1.82, 2.24) is 5.32 Å². The summed E-state index contributed by atoms with van der Waals surface area (Å²) in [4.78, 5) is 1.29. The molecule has 1 aliphatic heterocycles. The second kappa shape index (κ2) is 6.07. The van der Waals surface area contributed by atoms with E-state index in [-0.39, 0.29) is 6.04 Å². The van der Waals surface area contributed by atoms with Crippen molar-refractivity contribution in [2.45, 2.75) is 25.8 Å². The Bertz CT molecular complexity index is 387. The molecule has 0 bridgehead atoms. The Morgan fingerprint density at radius 3 is 3.06 bits per heavy atom. The highest BCUT2D eigenvalue weighted by Crippen LogP contribution is 2.33. The molecule has 1 N–H and O–H groups in total. The van der Waals surface area contributed by atoms with Crippen LogP contribution in [0.2, 0.25) is 0 Å². The number of thiophene rings is 1. The number of methoxy groups -OCH3 is 1. The smallest absolute Gasteiger partial charge is 0.129 e. The Morgan fingerprint density at radius 2 is 2.47 bits per heavy atom. The summed E-state index contributed by atoms with van der Waals surface area (Å²) in [5, 5.41) is 5.56. The molecular formula is C13H19NO2S. The van der Waals surface area contributed by atoms with Gasteiger partial charge in [0.15, 0.2) is 0 Å². The summed E-state index contributed by atoms with van der Waals surface area (Å²) in [6, 6.07) is 2.38. The summed E-state index contributed by atoms with van der Waals surface area (Å²) in [6.45, 7) is 3.92. The molecule has 0 spiro atoms. The van der Waals surface area contributed by atoms with Crippen LogP contribution in [0.3, 0.4) is 0 Å². The van der Waals surface area contributed by atoms with E-state index in [1.54, 1.807) is 18.4 Å². The van der Waals surface area contributed by atoms with Gasteiger partial charge in [-0.3, -0.25) is 0 Å². The Hall–Kier alpha value is -1.00. The van der Waals surface area contributed by atoms with Crippen molar-refractivity contribution < 1.29 is 9.47 Å². The van der Waals surface area contributed by atoms with Crippen LogP contribution in [0.1, 0.15) is 30.7 Å². The van der Waals surface area contributed by atoms with E-state index in [0.29, 0.717) is 0 Å². The van der Waals surface area contributed by atoms with Crippen LogP contribution in [0.25, 0.3) is 0 Å². The normalized spacial score (nSPS) is 17.2. The maximum atomic E-state index is 5.44. The van der Waals surface area contributed by atoms with E-state index in [2.05, 4.69) is 18.3 Å². The van der Waals surface area contributed by atoms with Crippen molar-refractivity contribution in [3.63, 3.8) is 0 Å². The standard InChI is InChI=1S/C13H19NO2S/c1-3-14-13(10-5-4-6-16-8-10)12-7-11(15-2)9-17-12/h7-9,13-14H,3-6H2,1-2H3. The third-order valence-corrected chi connectivity index (χ3v) is 3.83. The van der Waals surface area contributed by atoms with E-state index in [1.165, 1.54) is 10.5 Å². The zero-order chi connectivity index (χ0) is 12.1. The van der Waals surface area contributed by atoms with Gasteiger partial charge in [0.25, 0.3) is 0 Å². The Labute approximate surface area is 106 Å². The molecule has 1 aliphatic rings. The fraction of sp³-hybridized carbons (Fsp3) is 0.538. The van der Waals surface area contributed by atoms with Crippen LogP contribution in [0.4, 0.5) is 0 Å². The topological polar surface area (TPSA) is 30.5 Å². The summed E-state index contributed by atoms with van der Waals surface area (Å²) in [7, 11) is 1.71. The van der Waals surface area contributed by atoms with Crippen molar-refractivity contribution in [3.8, 4) is 5.75 Å². The van der Waals surface area contributed by atoms with Gasteiger partial charge in [-0.25, -0.2) is 0 Å². The maximum absolute atomic E-state index is 5.44. The predicted octanol–water partition coefficient (Wildman–Crippen LogP) is 3.10. The molecular weight excluding hydrogens is 234 g/mol. The average molecular weight is 253 g/mol. The Morgan fingerprint density at radius 1 is 1.59 bits per heavy atom. The molecule has 0 aromatic carbocycles. The van der Waals surface area contributed by atoms with Gasteiger partial charge in [0.2, 0.25) is 0 Å². The maximum Gasteiger partial charge on any atom is 0.129 e. The minimum atomic E-state index is 0.272. The van der Waals surface area contributed by atoms with E-state index in [4.69, 9.17) is 9.47 Å². The van der Waals surface area contributed by atoms with E-state index in [9.17, 15) is 0 Å².